The number of amides is 1. The second-order valence-corrected chi connectivity index (χ2v) is 8.41. The lowest BCUT2D eigenvalue weighted by Gasteiger charge is -2.11. The van der Waals surface area contributed by atoms with Gasteiger partial charge >= 0.3 is 0 Å². The summed E-state index contributed by atoms with van der Waals surface area (Å²) in [5.74, 6) is -0.0371. The van der Waals surface area contributed by atoms with E-state index in [1.54, 1.807) is 25.1 Å². The third-order valence-electron chi connectivity index (χ3n) is 4.87. The normalized spacial score (nSPS) is 10.7. The van der Waals surface area contributed by atoms with Crippen molar-refractivity contribution in [3.8, 4) is 17.2 Å². The number of ether oxygens (including phenoxy) is 2. The molecular weight excluding hydrogens is 514 g/mol. The Morgan fingerprint density at radius 2 is 1.83 bits per heavy atom. The first kappa shape index (κ1) is 25.0. The van der Waals surface area contributed by atoms with Gasteiger partial charge in [-0.15, -0.1) is 0 Å². The van der Waals surface area contributed by atoms with Crippen LogP contribution in [0.4, 0.5) is 15.8 Å². The van der Waals surface area contributed by atoms with Gasteiger partial charge in [-0.3, -0.25) is 14.9 Å². The number of halogens is 3. The topological polar surface area (TPSA) is 104 Å². The van der Waals surface area contributed by atoms with E-state index < -0.39 is 16.6 Å². The van der Waals surface area contributed by atoms with Gasteiger partial charge in [-0.25, -0.2) is 4.39 Å². The monoisotopic (exact) mass is 530 g/mol. The van der Waals surface area contributed by atoms with Crippen LogP contribution in [0.15, 0.2) is 71.1 Å². The third-order valence-corrected chi connectivity index (χ3v) is 5.40. The van der Waals surface area contributed by atoms with Crippen molar-refractivity contribution >= 4 is 40.5 Å². The van der Waals surface area contributed by atoms with E-state index in [4.69, 9.17) is 37.1 Å². The van der Waals surface area contributed by atoms with Crippen LogP contribution in [-0.4, -0.2) is 10.8 Å². The summed E-state index contributed by atoms with van der Waals surface area (Å²) in [6.45, 7) is 1.72. The molecule has 1 N–H and O–H groups in total. The van der Waals surface area contributed by atoms with Gasteiger partial charge in [0.05, 0.1) is 21.7 Å². The predicted molar refractivity (Wildman–Crippen MR) is 132 cm³/mol. The minimum absolute atomic E-state index is 0.0543. The first-order chi connectivity index (χ1) is 17.2. The molecule has 0 saturated heterocycles. The maximum absolute atomic E-state index is 13.2. The van der Waals surface area contributed by atoms with Gasteiger partial charge in [-0.1, -0.05) is 23.2 Å². The summed E-state index contributed by atoms with van der Waals surface area (Å²) in [6, 6.07) is 15.5. The van der Waals surface area contributed by atoms with Crippen molar-refractivity contribution in [2.45, 2.75) is 13.5 Å². The molecule has 0 aliphatic heterocycles. The molecule has 184 valence electrons. The predicted octanol–water partition coefficient (Wildman–Crippen LogP) is 7.57. The van der Waals surface area contributed by atoms with E-state index in [2.05, 4.69) is 5.32 Å². The first-order valence-electron chi connectivity index (χ1n) is 10.4. The molecule has 0 spiro atoms. The molecule has 4 rings (SSSR count). The number of nitrogens with zero attached hydrogens (tertiary/aromatic N) is 1. The Morgan fingerprint density at radius 3 is 2.56 bits per heavy atom. The van der Waals surface area contributed by atoms with Gasteiger partial charge in [0, 0.05) is 17.2 Å². The van der Waals surface area contributed by atoms with Crippen molar-refractivity contribution in [3.05, 3.63) is 110 Å². The van der Waals surface area contributed by atoms with E-state index in [0.717, 1.165) is 11.6 Å². The number of nitrogens with one attached hydrogen (secondary N) is 1. The smallest absolute Gasteiger partial charge is 0.291 e. The van der Waals surface area contributed by atoms with Crippen molar-refractivity contribution in [1.29, 1.82) is 0 Å². The molecule has 36 heavy (non-hydrogen) atoms. The van der Waals surface area contributed by atoms with Gasteiger partial charge in [-0.2, -0.15) is 0 Å². The number of nitro benzene ring substituents is 1. The van der Waals surface area contributed by atoms with E-state index in [0.29, 0.717) is 16.5 Å². The van der Waals surface area contributed by atoms with Crippen molar-refractivity contribution in [1.82, 2.24) is 0 Å². The number of carbonyl (C=O) groups is 1. The summed E-state index contributed by atoms with van der Waals surface area (Å²) in [5, 5.41) is 14.6. The molecule has 0 bridgehead atoms. The van der Waals surface area contributed by atoms with Crippen molar-refractivity contribution in [2.24, 2.45) is 0 Å². The minimum atomic E-state index is -0.643. The molecule has 0 aliphatic rings. The molecule has 1 heterocycles. The van der Waals surface area contributed by atoms with Crippen LogP contribution in [0.1, 0.15) is 21.9 Å². The van der Waals surface area contributed by atoms with Crippen molar-refractivity contribution < 1.29 is 28.0 Å². The summed E-state index contributed by atoms with van der Waals surface area (Å²) < 4.78 is 30.0. The Bertz CT molecular complexity index is 1460. The highest BCUT2D eigenvalue weighted by atomic mass is 35.5. The van der Waals surface area contributed by atoms with Crippen LogP contribution in [0.2, 0.25) is 10.0 Å². The van der Waals surface area contributed by atoms with E-state index >= 15 is 0 Å². The number of rotatable bonds is 8. The molecule has 11 heteroatoms. The minimum Gasteiger partial charge on any atom is -0.484 e. The van der Waals surface area contributed by atoms with Crippen LogP contribution < -0.4 is 14.8 Å². The van der Waals surface area contributed by atoms with E-state index in [1.165, 1.54) is 42.5 Å². The molecule has 0 radical (unpaired) electrons. The maximum Gasteiger partial charge on any atom is 0.291 e. The molecular formula is C25H17Cl2FN2O6. The van der Waals surface area contributed by atoms with E-state index in [9.17, 15) is 19.3 Å². The molecule has 4 aromatic rings. The Morgan fingerprint density at radius 1 is 1.06 bits per heavy atom. The average molecular weight is 531 g/mol. The van der Waals surface area contributed by atoms with Gasteiger partial charge in [0.2, 0.25) is 0 Å². The standard InChI is InChI=1S/C25H17Cl2FN2O6/c1-14-8-15(26)2-5-22(14)36-20-11-17(10-18(12-20)30(32)33)29-25(31)24-7-4-19(35-24)13-34-23-6-3-16(28)9-21(23)27/h2-12H,13H2,1H3,(H,29,31). The van der Waals surface area contributed by atoms with Crippen LogP contribution in [0.5, 0.6) is 17.2 Å². The van der Waals surface area contributed by atoms with Crippen LogP contribution in [0.25, 0.3) is 0 Å². The molecule has 3 aromatic carbocycles. The maximum atomic E-state index is 13.2. The van der Waals surface area contributed by atoms with Gasteiger partial charge in [0.1, 0.15) is 35.4 Å². The number of aryl methyl sites for hydroxylation is 1. The lowest BCUT2D eigenvalue weighted by atomic mass is 10.2. The fourth-order valence-corrected chi connectivity index (χ4v) is 3.63. The van der Waals surface area contributed by atoms with Crippen LogP contribution in [0.3, 0.4) is 0 Å². The number of benzene rings is 3. The van der Waals surface area contributed by atoms with Crippen LogP contribution in [0, 0.1) is 22.9 Å². The van der Waals surface area contributed by atoms with Crippen molar-refractivity contribution in [2.75, 3.05) is 5.32 Å². The summed E-state index contributed by atoms with van der Waals surface area (Å²) in [6.07, 6.45) is 0. The van der Waals surface area contributed by atoms with E-state index in [1.807, 2.05) is 0 Å². The molecule has 0 fully saturated rings. The Balaban J connectivity index is 1.48. The summed E-state index contributed by atoms with van der Waals surface area (Å²) in [4.78, 5) is 23.5. The fraction of sp³-hybridized carbons (Fsp3) is 0.0800. The molecule has 0 aliphatic carbocycles. The SMILES string of the molecule is Cc1cc(Cl)ccc1Oc1cc(NC(=O)c2ccc(COc3ccc(F)cc3Cl)o2)cc([N+](=O)[O-])c1. The van der Waals surface area contributed by atoms with E-state index in [-0.39, 0.29) is 40.3 Å². The summed E-state index contributed by atoms with van der Waals surface area (Å²) in [7, 11) is 0. The second-order valence-electron chi connectivity index (χ2n) is 7.57. The highest BCUT2D eigenvalue weighted by molar-refractivity contribution is 6.32. The molecule has 0 saturated carbocycles. The number of furan rings is 1. The van der Waals surface area contributed by atoms with Gasteiger partial charge in [0.25, 0.3) is 11.6 Å². The van der Waals surface area contributed by atoms with Gasteiger partial charge in [0.15, 0.2) is 5.76 Å². The Labute approximate surface area is 214 Å². The number of anilines is 1. The molecule has 1 aromatic heterocycles. The number of carbonyl (C=O) groups excluding carboxylic acids is 1. The second kappa shape index (κ2) is 10.7. The number of hydrogen-bond donors (Lipinski definition) is 1. The lowest BCUT2D eigenvalue weighted by Crippen LogP contribution is -2.11. The average Bonchev–Trinajstić information content (AvgIpc) is 3.29. The Kier molecular flexibility index (Phi) is 7.42. The molecule has 8 nitrogen and oxygen atoms in total. The zero-order chi connectivity index (χ0) is 25.8. The number of hydrogen-bond acceptors (Lipinski definition) is 6. The zero-order valence-corrected chi connectivity index (χ0v) is 20.1. The van der Waals surface area contributed by atoms with Crippen LogP contribution in [-0.2, 0) is 6.61 Å². The third kappa shape index (κ3) is 6.12. The van der Waals surface area contributed by atoms with Crippen molar-refractivity contribution in [3.63, 3.8) is 0 Å². The highest BCUT2D eigenvalue weighted by Crippen LogP contribution is 2.32. The first-order valence-corrected chi connectivity index (χ1v) is 11.1. The molecule has 1 amide bonds. The summed E-state index contributed by atoms with van der Waals surface area (Å²) >= 11 is 11.9. The zero-order valence-electron chi connectivity index (χ0n) is 18.6. The fourth-order valence-electron chi connectivity index (χ4n) is 3.19. The lowest BCUT2D eigenvalue weighted by molar-refractivity contribution is -0.384. The Hall–Kier alpha value is -4.08. The highest BCUT2D eigenvalue weighted by Gasteiger charge is 2.17. The summed E-state index contributed by atoms with van der Waals surface area (Å²) in [5.41, 5.74) is 0.578. The molecule has 0 unspecified atom stereocenters. The largest absolute Gasteiger partial charge is 0.484 e. The van der Waals surface area contributed by atoms with Gasteiger partial charge < -0.3 is 19.2 Å². The number of nitro groups is 1. The quantitative estimate of drug-likeness (QED) is 0.186. The van der Waals surface area contributed by atoms with Crippen LogP contribution >= 0.6 is 23.2 Å². The van der Waals surface area contributed by atoms with Gasteiger partial charge in [-0.05, 0) is 61.0 Å². The molecule has 0 atom stereocenters. The number of non-ortho nitro benzene ring substituents is 1.